The third-order valence-corrected chi connectivity index (χ3v) is 5.72. The summed E-state index contributed by atoms with van der Waals surface area (Å²) in [5.74, 6) is -1.11. The number of thioether (sulfide) groups is 1. The molecule has 2 heterocycles. The molecule has 1 atom stereocenters. The van der Waals surface area contributed by atoms with E-state index in [0.717, 1.165) is 16.0 Å². The van der Waals surface area contributed by atoms with Crippen molar-refractivity contribution in [1.29, 1.82) is 0 Å². The lowest BCUT2D eigenvalue weighted by atomic mass is 10.1. The second-order valence-corrected chi connectivity index (χ2v) is 7.60. The molecule has 8 heteroatoms. The fourth-order valence-corrected chi connectivity index (χ4v) is 4.13. The van der Waals surface area contributed by atoms with Crippen LogP contribution in [0, 0.1) is 6.92 Å². The summed E-state index contributed by atoms with van der Waals surface area (Å²) in [5, 5.41) is 3.06. The Kier molecular flexibility index (Phi) is 4.79. The van der Waals surface area contributed by atoms with E-state index >= 15 is 0 Å². The second kappa shape index (κ2) is 7.40. The van der Waals surface area contributed by atoms with E-state index in [0.29, 0.717) is 11.1 Å². The second-order valence-electron chi connectivity index (χ2n) is 6.35. The smallest absolute Gasteiger partial charge is 0.305 e. The molecule has 28 heavy (non-hydrogen) atoms. The van der Waals surface area contributed by atoms with Crippen LogP contribution in [0.4, 0.5) is 5.69 Å². The monoisotopic (exact) mass is 395 g/mol. The van der Waals surface area contributed by atoms with E-state index in [1.165, 1.54) is 11.8 Å². The summed E-state index contributed by atoms with van der Waals surface area (Å²) in [5.41, 5.74) is 6.74. The van der Waals surface area contributed by atoms with E-state index in [1.807, 2.05) is 42.5 Å². The Hall–Kier alpha value is -3.26. The number of hydrogen-bond acceptors (Lipinski definition) is 5. The van der Waals surface area contributed by atoms with Crippen LogP contribution in [0.3, 0.4) is 0 Å². The van der Waals surface area contributed by atoms with Gasteiger partial charge < -0.3 is 9.73 Å². The first-order chi connectivity index (χ1) is 13.5. The topological polar surface area (TPSA) is 100 Å². The van der Waals surface area contributed by atoms with Gasteiger partial charge in [-0.05, 0) is 25.1 Å². The molecule has 2 aromatic carbocycles. The fourth-order valence-electron chi connectivity index (χ4n) is 3.02. The van der Waals surface area contributed by atoms with Crippen LogP contribution < -0.4 is 16.2 Å². The van der Waals surface area contributed by atoms with Crippen LogP contribution in [0.1, 0.15) is 22.5 Å². The first-order valence-electron chi connectivity index (χ1n) is 8.67. The molecule has 7 nitrogen and oxygen atoms in total. The van der Waals surface area contributed by atoms with Crippen molar-refractivity contribution in [2.75, 3.05) is 5.32 Å². The van der Waals surface area contributed by atoms with Crippen molar-refractivity contribution in [3.05, 3.63) is 59.9 Å². The van der Waals surface area contributed by atoms with Gasteiger partial charge in [-0.15, -0.1) is 11.8 Å². The van der Waals surface area contributed by atoms with Gasteiger partial charge >= 0.3 is 5.91 Å². The fraction of sp³-hybridized carbons (Fsp3) is 0.150. The molecule has 0 spiro atoms. The molecule has 0 aliphatic carbocycles. The zero-order valence-corrected chi connectivity index (χ0v) is 15.8. The van der Waals surface area contributed by atoms with Crippen molar-refractivity contribution in [3.63, 3.8) is 0 Å². The predicted octanol–water partition coefficient (Wildman–Crippen LogP) is 3.01. The van der Waals surface area contributed by atoms with Crippen molar-refractivity contribution < 1.29 is 18.8 Å². The maximum Gasteiger partial charge on any atom is 0.305 e. The van der Waals surface area contributed by atoms with Gasteiger partial charge in [0.15, 0.2) is 5.76 Å². The number of hydrogen-bond donors (Lipinski definition) is 3. The van der Waals surface area contributed by atoms with Crippen LogP contribution in [-0.4, -0.2) is 23.0 Å². The molecule has 0 saturated heterocycles. The van der Waals surface area contributed by atoms with Crippen molar-refractivity contribution in [2.45, 2.75) is 23.5 Å². The number of para-hydroxylation sites is 2. The average molecular weight is 395 g/mol. The number of hydrazine groups is 1. The van der Waals surface area contributed by atoms with E-state index in [2.05, 4.69) is 16.2 Å². The normalized spacial score (nSPS) is 15.6. The van der Waals surface area contributed by atoms with Crippen molar-refractivity contribution in [2.24, 2.45) is 0 Å². The Morgan fingerprint density at radius 2 is 1.86 bits per heavy atom. The largest absolute Gasteiger partial charge is 0.451 e. The third kappa shape index (κ3) is 3.46. The lowest BCUT2D eigenvalue weighted by molar-refractivity contribution is -0.124. The zero-order valence-electron chi connectivity index (χ0n) is 14.9. The molecular weight excluding hydrogens is 378 g/mol. The Morgan fingerprint density at radius 1 is 1.11 bits per heavy atom. The average Bonchev–Trinajstić information content (AvgIpc) is 3.04. The Bertz CT molecular complexity index is 1090. The Balaban J connectivity index is 1.37. The van der Waals surface area contributed by atoms with Crippen molar-refractivity contribution in [3.8, 4) is 0 Å². The molecule has 3 aromatic rings. The molecule has 4 rings (SSSR count). The van der Waals surface area contributed by atoms with Crippen LogP contribution >= 0.6 is 11.8 Å². The van der Waals surface area contributed by atoms with Gasteiger partial charge in [-0.2, -0.15) is 0 Å². The molecule has 0 fully saturated rings. The SMILES string of the molecule is Cc1c(C(=O)NNC(=O)C[C@@H]2Sc3ccccc3NC2=O)oc2ccccc12. The quantitative estimate of drug-likeness (QED) is 0.592. The number of furan rings is 1. The van der Waals surface area contributed by atoms with Crippen LogP contribution in [-0.2, 0) is 9.59 Å². The van der Waals surface area contributed by atoms with E-state index in [-0.39, 0.29) is 18.1 Å². The highest BCUT2D eigenvalue weighted by Crippen LogP contribution is 2.36. The van der Waals surface area contributed by atoms with Crippen LogP contribution in [0.25, 0.3) is 11.0 Å². The summed E-state index contributed by atoms with van der Waals surface area (Å²) in [6.45, 7) is 1.78. The van der Waals surface area contributed by atoms with E-state index in [4.69, 9.17) is 4.42 Å². The standard InChI is InChI=1S/C20H17N3O4S/c1-11-12-6-2-4-8-14(12)27-18(11)20(26)23-22-17(24)10-16-19(25)21-13-7-3-5-9-15(13)28-16/h2-9,16H,10H2,1H3,(H,21,25)(H,22,24)(H,23,26)/t16-/m0/s1. The van der Waals surface area contributed by atoms with Gasteiger partial charge in [-0.3, -0.25) is 25.2 Å². The molecule has 0 unspecified atom stereocenters. The van der Waals surface area contributed by atoms with Gasteiger partial charge in [0.25, 0.3) is 0 Å². The molecule has 0 radical (unpaired) electrons. The highest BCUT2D eigenvalue weighted by Gasteiger charge is 2.29. The van der Waals surface area contributed by atoms with E-state index < -0.39 is 17.1 Å². The minimum absolute atomic E-state index is 0.0653. The molecule has 142 valence electrons. The third-order valence-electron chi connectivity index (χ3n) is 4.44. The minimum Gasteiger partial charge on any atom is -0.451 e. The number of aryl methyl sites for hydroxylation is 1. The number of amides is 3. The van der Waals surface area contributed by atoms with Gasteiger partial charge in [-0.1, -0.05) is 30.3 Å². The highest BCUT2D eigenvalue weighted by atomic mass is 32.2. The van der Waals surface area contributed by atoms with Gasteiger partial charge in [0.05, 0.1) is 10.9 Å². The lowest BCUT2D eigenvalue weighted by Crippen LogP contribution is -2.44. The maximum atomic E-state index is 12.4. The van der Waals surface area contributed by atoms with Crippen LogP contribution in [0.15, 0.2) is 57.8 Å². The number of benzene rings is 2. The molecule has 3 N–H and O–H groups in total. The summed E-state index contributed by atoms with van der Waals surface area (Å²) in [6.07, 6.45) is -0.0653. The van der Waals surface area contributed by atoms with Gasteiger partial charge in [0, 0.05) is 22.3 Å². The Labute approximate surface area is 164 Å². The van der Waals surface area contributed by atoms with Gasteiger partial charge in [-0.25, -0.2) is 0 Å². The summed E-state index contributed by atoms with van der Waals surface area (Å²) in [4.78, 5) is 37.7. The molecular formula is C20H17N3O4S. The highest BCUT2D eigenvalue weighted by molar-refractivity contribution is 8.01. The number of fused-ring (bicyclic) bond motifs is 2. The van der Waals surface area contributed by atoms with E-state index in [9.17, 15) is 14.4 Å². The van der Waals surface area contributed by atoms with Crippen molar-refractivity contribution in [1.82, 2.24) is 10.9 Å². The summed E-state index contributed by atoms with van der Waals surface area (Å²) in [7, 11) is 0. The molecule has 3 amide bonds. The molecule has 1 aliphatic heterocycles. The number of carbonyl (C=O) groups excluding carboxylic acids is 3. The number of anilines is 1. The van der Waals surface area contributed by atoms with Crippen LogP contribution in [0.5, 0.6) is 0 Å². The number of carbonyl (C=O) groups is 3. The first-order valence-corrected chi connectivity index (χ1v) is 9.55. The number of rotatable bonds is 3. The lowest BCUT2D eigenvalue weighted by Gasteiger charge is -2.23. The predicted molar refractivity (Wildman–Crippen MR) is 106 cm³/mol. The molecule has 0 bridgehead atoms. The zero-order chi connectivity index (χ0) is 19.7. The van der Waals surface area contributed by atoms with Gasteiger partial charge in [0.2, 0.25) is 11.8 Å². The Morgan fingerprint density at radius 3 is 2.68 bits per heavy atom. The summed E-state index contributed by atoms with van der Waals surface area (Å²) in [6, 6.07) is 14.7. The van der Waals surface area contributed by atoms with E-state index in [1.54, 1.807) is 13.0 Å². The molecule has 0 saturated carbocycles. The van der Waals surface area contributed by atoms with Crippen LogP contribution in [0.2, 0.25) is 0 Å². The van der Waals surface area contributed by atoms with Gasteiger partial charge in [0.1, 0.15) is 5.58 Å². The first kappa shape index (κ1) is 18.1. The minimum atomic E-state index is -0.570. The molecule has 1 aromatic heterocycles. The summed E-state index contributed by atoms with van der Waals surface area (Å²) >= 11 is 1.33. The van der Waals surface area contributed by atoms with Crippen molar-refractivity contribution >= 4 is 46.1 Å². The maximum absolute atomic E-state index is 12.4. The molecule has 1 aliphatic rings. The number of nitrogens with one attached hydrogen (secondary N) is 3. The summed E-state index contributed by atoms with van der Waals surface area (Å²) < 4.78 is 5.57.